The number of phenolic OH excluding ortho intramolecular Hbond substituents is 1. The van der Waals surface area contributed by atoms with E-state index in [4.69, 9.17) is 16.3 Å². The first kappa shape index (κ1) is 16.6. The average Bonchev–Trinajstić information content (AvgIpc) is 2.59. The van der Waals surface area contributed by atoms with Gasteiger partial charge in [0, 0.05) is 10.6 Å². The van der Waals surface area contributed by atoms with Crippen LogP contribution in [0.15, 0.2) is 54.6 Å². The van der Waals surface area contributed by atoms with Gasteiger partial charge in [0.1, 0.15) is 24.6 Å². The van der Waals surface area contributed by atoms with Crippen LogP contribution in [0.5, 0.6) is 11.5 Å². The molecule has 1 unspecified atom stereocenters. The van der Waals surface area contributed by atoms with Crippen LogP contribution >= 0.6 is 11.6 Å². The molecule has 0 aliphatic carbocycles. The topological polar surface area (TPSA) is 33.9 Å². The van der Waals surface area contributed by atoms with Crippen molar-refractivity contribution < 1.29 is 14.7 Å². The Kier molecular flexibility index (Phi) is 4.93. The van der Waals surface area contributed by atoms with Crippen LogP contribution in [0, 0.1) is 0 Å². The highest BCUT2D eigenvalue weighted by Crippen LogP contribution is 2.29. The van der Waals surface area contributed by atoms with E-state index in [1.165, 1.54) is 4.90 Å². The van der Waals surface area contributed by atoms with Crippen molar-refractivity contribution in [3.8, 4) is 11.5 Å². The van der Waals surface area contributed by atoms with E-state index < -0.39 is 0 Å². The van der Waals surface area contributed by atoms with E-state index in [1.54, 1.807) is 13.2 Å². The van der Waals surface area contributed by atoms with Crippen LogP contribution in [-0.4, -0.2) is 19.3 Å². The molecule has 0 heterocycles. The fourth-order valence-corrected chi connectivity index (χ4v) is 3.20. The number of aromatic hydroxyl groups is 1. The average molecular weight is 343 g/mol. The molecule has 0 bridgehead atoms. The number of phenols is 1. The zero-order chi connectivity index (χ0) is 17.1. The lowest BCUT2D eigenvalue weighted by Gasteiger charge is -2.17. The zero-order valence-corrected chi connectivity index (χ0v) is 14.6. The SMILES string of the molecule is COc1ccc2ccc(O)c(C[NH+](C)Cc3ccccc3Cl)c2c1. The predicted molar refractivity (Wildman–Crippen MR) is 97.9 cm³/mol. The predicted octanol–water partition coefficient (Wildman–Crippen LogP) is 3.42. The van der Waals surface area contributed by atoms with Gasteiger partial charge in [0.05, 0.1) is 19.7 Å². The Morgan fingerprint density at radius 3 is 2.54 bits per heavy atom. The monoisotopic (exact) mass is 342 g/mol. The smallest absolute Gasteiger partial charge is 0.125 e. The third-order valence-corrected chi connectivity index (χ3v) is 4.61. The van der Waals surface area contributed by atoms with Crippen LogP contribution in [0.1, 0.15) is 11.1 Å². The summed E-state index contributed by atoms with van der Waals surface area (Å²) in [4.78, 5) is 1.24. The lowest BCUT2D eigenvalue weighted by molar-refractivity contribution is -0.907. The number of ether oxygens (including phenoxy) is 1. The Balaban J connectivity index is 1.91. The summed E-state index contributed by atoms with van der Waals surface area (Å²) >= 11 is 6.26. The molecule has 24 heavy (non-hydrogen) atoms. The van der Waals surface area contributed by atoms with Crippen LogP contribution in [-0.2, 0) is 13.1 Å². The van der Waals surface area contributed by atoms with Gasteiger partial charge in [0.2, 0.25) is 0 Å². The molecule has 0 spiro atoms. The lowest BCUT2D eigenvalue weighted by Crippen LogP contribution is -3.06. The number of benzene rings is 3. The summed E-state index contributed by atoms with van der Waals surface area (Å²) in [5.41, 5.74) is 2.03. The van der Waals surface area contributed by atoms with Crippen molar-refractivity contribution >= 4 is 22.4 Å². The summed E-state index contributed by atoms with van der Waals surface area (Å²) in [5.74, 6) is 1.10. The van der Waals surface area contributed by atoms with E-state index in [0.29, 0.717) is 12.3 Å². The molecule has 0 aliphatic rings. The summed E-state index contributed by atoms with van der Waals surface area (Å²) in [6.07, 6.45) is 0. The second-order valence-electron chi connectivity index (χ2n) is 6.05. The molecule has 0 saturated heterocycles. The highest BCUT2D eigenvalue weighted by Gasteiger charge is 2.14. The fourth-order valence-electron chi connectivity index (χ4n) is 2.99. The maximum Gasteiger partial charge on any atom is 0.125 e. The molecule has 0 saturated carbocycles. The molecule has 0 amide bonds. The molecule has 3 aromatic rings. The summed E-state index contributed by atoms with van der Waals surface area (Å²) in [6, 6.07) is 17.5. The van der Waals surface area contributed by atoms with E-state index >= 15 is 0 Å². The molecule has 1 atom stereocenters. The molecule has 4 heteroatoms. The van der Waals surface area contributed by atoms with Crippen LogP contribution in [0.25, 0.3) is 10.8 Å². The Bertz CT molecular complexity index is 863. The summed E-state index contributed by atoms with van der Waals surface area (Å²) in [5, 5.41) is 13.3. The van der Waals surface area contributed by atoms with E-state index in [9.17, 15) is 5.11 Å². The molecule has 3 aromatic carbocycles. The molecular weight excluding hydrogens is 322 g/mol. The van der Waals surface area contributed by atoms with Crippen molar-refractivity contribution in [1.29, 1.82) is 0 Å². The number of quaternary nitrogens is 1. The molecule has 0 aromatic heterocycles. The van der Waals surface area contributed by atoms with Gasteiger partial charge in [-0.05, 0) is 35.0 Å². The number of methoxy groups -OCH3 is 1. The molecule has 0 fully saturated rings. The standard InChI is InChI=1S/C20H20ClNO2/c1-22(12-15-5-3-4-6-19(15)21)13-18-17-11-16(24-2)9-7-14(17)8-10-20(18)23/h3-11,23H,12-13H2,1-2H3/p+1. The zero-order valence-electron chi connectivity index (χ0n) is 13.8. The maximum atomic E-state index is 10.4. The number of rotatable bonds is 5. The van der Waals surface area contributed by atoms with Crippen LogP contribution in [0.3, 0.4) is 0 Å². The quantitative estimate of drug-likeness (QED) is 0.745. The maximum absolute atomic E-state index is 10.4. The largest absolute Gasteiger partial charge is 0.507 e. The van der Waals surface area contributed by atoms with Crippen molar-refractivity contribution in [1.82, 2.24) is 0 Å². The number of hydrogen-bond donors (Lipinski definition) is 2. The normalized spacial score (nSPS) is 12.3. The van der Waals surface area contributed by atoms with Crippen molar-refractivity contribution in [3.05, 3.63) is 70.7 Å². The van der Waals surface area contributed by atoms with E-state index in [-0.39, 0.29) is 0 Å². The summed E-state index contributed by atoms with van der Waals surface area (Å²) in [6.45, 7) is 1.49. The van der Waals surface area contributed by atoms with Crippen molar-refractivity contribution in [3.63, 3.8) is 0 Å². The van der Waals surface area contributed by atoms with Crippen molar-refractivity contribution in [2.24, 2.45) is 0 Å². The van der Waals surface area contributed by atoms with Gasteiger partial charge in [-0.3, -0.25) is 0 Å². The highest BCUT2D eigenvalue weighted by molar-refractivity contribution is 6.31. The second-order valence-corrected chi connectivity index (χ2v) is 6.46. The van der Waals surface area contributed by atoms with Crippen molar-refractivity contribution in [2.75, 3.05) is 14.2 Å². The molecule has 2 N–H and O–H groups in total. The highest BCUT2D eigenvalue weighted by atomic mass is 35.5. The van der Waals surface area contributed by atoms with Gasteiger partial charge in [-0.25, -0.2) is 0 Å². The van der Waals surface area contributed by atoms with Gasteiger partial charge in [0.25, 0.3) is 0 Å². The van der Waals surface area contributed by atoms with Gasteiger partial charge in [-0.2, -0.15) is 0 Å². The Morgan fingerprint density at radius 2 is 1.79 bits per heavy atom. The van der Waals surface area contributed by atoms with Gasteiger partial charge in [0.15, 0.2) is 0 Å². The molecular formula is C20H21ClNO2+. The minimum Gasteiger partial charge on any atom is -0.507 e. The number of nitrogens with one attached hydrogen (secondary N) is 1. The van der Waals surface area contributed by atoms with E-state index in [0.717, 1.165) is 39.2 Å². The first-order valence-electron chi connectivity index (χ1n) is 7.92. The van der Waals surface area contributed by atoms with Gasteiger partial charge < -0.3 is 14.7 Å². The number of fused-ring (bicyclic) bond motifs is 1. The Labute approximate surface area is 147 Å². The van der Waals surface area contributed by atoms with Crippen LogP contribution in [0.2, 0.25) is 5.02 Å². The summed E-state index contributed by atoms with van der Waals surface area (Å²) in [7, 11) is 3.75. The van der Waals surface area contributed by atoms with Crippen LogP contribution in [0.4, 0.5) is 0 Å². The molecule has 3 rings (SSSR count). The van der Waals surface area contributed by atoms with Gasteiger partial charge in [-0.1, -0.05) is 41.9 Å². The number of halogens is 1. The third kappa shape index (κ3) is 3.48. The van der Waals surface area contributed by atoms with Crippen molar-refractivity contribution in [2.45, 2.75) is 13.1 Å². The molecule has 3 nitrogen and oxygen atoms in total. The first-order valence-corrected chi connectivity index (χ1v) is 8.29. The Morgan fingerprint density at radius 1 is 1.04 bits per heavy atom. The fraction of sp³-hybridized carbons (Fsp3) is 0.200. The second kappa shape index (κ2) is 7.12. The number of hydrogen-bond acceptors (Lipinski definition) is 2. The lowest BCUT2D eigenvalue weighted by atomic mass is 10.0. The minimum atomic E-state index is 0.314. The van der Waals surface area contributed by atoms with E-state index in [1.807, 2.05) is 48.5 Å². The first-order chi connectivity index (χ1) is 11.6. The molecule has 124 valence electrons. The molecule has 0 aliphatic heterocycles. The van der Waals surface area contributed by atoms with Gasteiger partial charge in [-0.15, -0.1) is 0 Å². The Hall–Kier alpha value is -2.23. The molecule has 0 radical (unpaired) electrons. The van der Waals surface area contributed by atoms with Gasteiger partial charge >= 0.3 is 0 Å². The minimum absolute atomic E-state index is 0.314. The van der Waals surface area contributed by atoms with E-state index in [2.05, 4.69) is 7.05 Å². The van der Waals surface area contributed by atoms with Crippen LogP contribution < -0.4 is 9.64 Å². The summed E-state index contributed by atoms with van der Waals surface area (Å²) < 4.78 is 5.33. The third-order valence-electron chi connectivity index (χ3n) is 4.24.